The molecule has 0 rings (SSSR count). The van der Waals surface area contributed by atoms with Crippen LogP contribution in [0.25, 0.3) is 0 Å². The summed E-state index contributed by atoms with van der Waals surface area (Å²) < 4.78 is 0. The average molecular weight is 228 g/mol. The molecule has 57 valence electrons. The second-order valence-corrected chi connectivity index (χ2v) is 2.17. The number of aliphatic hydroxyl groups is 1. The van der Waals surface area contributed by atoms with Crippen molar-refractivity contribution in [1.82, 2.24) is 0 Å². The Morgan fingerprint density at radius 3 is 0.889 bits per heavy atom. The molecule has 1 N–H and O–H groups in total. The van der Waals surface area contributed by atoms with E-state index in [1.54, 1.807) is 20.8 Å². The molecule has 0 atom stereocenters. The van der Waals surface area contributed by atoms with Crippen LogP contribution in [0.4, 0.5) is 0 Å². The molecule has 0 aliphatic heterocycles. The van der Waals surface area contributed by atoms with Crippen molar-refractivity contribution < 1.29 is 64.0 Å². The molecule has 0 bridgehead atoms. The van der Waals surface area contributed by atoms with Gasteiger partial charge in [-0.25, -0.2) is 0 Å². The van der Waals surface area contributed by atoms with Crippen molar-refractivity contribution in [3.63, 3.8) is 0 Å². The first kappa shape index (κ1) is 31.2. The summed E-state index contributed by atoms with van der Waals surface area (Å²) in [4.78, 5) is 0. The Balaban J connectivity index is -0.0000000133. The minimum Gasteiger partial charge on any atom is -1.00 e. The van der Waals surface area contributed by atoms with Gasteiger partial charge in [-0.15, -0.1) is 0 Å². The maximum absolute atomic E-state index is 8.52. The van der Waals surface area contributed by atoms with Crippen LogP contribution in [-0.2, 0) is 21.7 Å². The van der Waals surface area contributed by atoms with E-state index in [1.165, 1.54) is 0 Å². The van der Waals surface area contributed by atoms with Gasteiger partial charge in [0.2, 0.25) is 0 Å². The molecule has 0 saturated heterocycles. The molecule has 0 aromatic heterocycles. The molecule has 0 saturated carbocycles. The van der Waals surface area contributed by atoms with Crippen LogP contribution in [0.3, 0.4) is 0 Å². The van der Waals surface area contributed by atoms with E-state index >= 15 is 0 Å². The maximum atomic E-state index is 8.52. The zero-order valence-corrected chi connectivity index (χ0v) is 9.41. The molecule has 0 heterocycles. The Kier molecular flexibility index (Phi) is 42.5. The zero-order chi connectivity index (χ0) is 4.50. The van der Waals surface area contributed by atoms with Crippen molar-refractivity contribution >= 4 is 0 Å². The summed E-state index contributed by atoms with van der Waals surface area (Å²) in [5.74, 6) is 0. The molecule has 0 unspecified atom stereocenters. The number of halogens is 3. The predicted molar refractivity (Wildman–Crippen MR) is 22.0 cm³/mol. The van der Waals surface area contributed by atoms with E-state index < -0.39 is 5.60 Å². The minimum absolute atomic E-state index is 0. The number of rotatable bonds is 0. The van der Waals surface area contributed by atoms with Gasteiger partial charge in [0.25, 0.3) is 0 Å². The van der Waals surface area contributed by atoms with E-state index in [0.29, 0.717) is 0 Å². The fourth-order valence-corrected chi connectivity index (χ4v) is 0. The third kappa shape index (κ3) is 228. The van der Waals surface area contributed by atoms with Gasteiger partial charge in [0.05, 0.1) is 5.60 Å². The molecule has 1 nitrogen and oxygen atoms in total. The van der Waals surface area contributed by atoms with Gasteiger partial charge in [0.1, 0.15) is 0 Å². The fourth-order valence-electron chi connectivity index (χ4n) is 0. The summed E-state index contributed by atoms with van der Waals surface area (Å²) in [7, 11) is 0. The second-order valence-electron chi connectivity index (χ2n) is 2.17. The monoisotopic (exact) mass is 227 g/mol. The van der Waals surface area contributed by atoms with Crippen molar-refractivity contribution in [2.75, 3.05) is 0 Å². The van der Waals surface area contributed by atoms with E-state index in [2.05, 4.69) is 0 Å². The number of hydrogen-bond acceptors (Lipinski definition) is 1. The quantitative estimate of drug-likeness (QED) is 0.408. The fraction of sp³-hybridized carbons (Fsp3) is 1.00. The van der Waals surface area contributed by atoms with Crippen LogP contribution in [0, 0.1) is 0 Å². The third-order valence-electron chi connectivity index (χ3n) is 0. The molecule has 5 heteroatoms. The van der Waals surface area contributed by atoms with Gasteiger partial charge in [-0.1, -0.05) is 0 Å². The van der Waals surface area contributed by atoms with Crippen LogP contribution in [0.5, 0.6) is 0 Å². The standard InChI is InChI=1S/C4H10O.3ClH.Ti/c1-4(2,3)5;;;;/h5H,1-3H3;3*1H;/q;;;;+3/p-3. The van der Waals surface area contributed by atoms with Gasteiger partial charge in [-0.2, -0.15) is 0 Å². The van der Waals surface area contributed by atoms with Crippen molar-refractivity contribution in [2.45, 2.75) is 26.4 Å². The van der Waals surface area contributed by atoms with Gasteiger partial charge >= 0.3 is 21.7 Å². The molecular formula is C4H10Cl3OTi. The van der Waals surface area contributed by atoms with Gasteiger partial charge in [0.15, 0.2) is 0 Å². The van der Waals surface area contributed by atoms with Gasteiger partial charge in [-0.3, -0.25) is 0 Å². The summed E-state index contributed by atoms with van der Waals surface area (Å²) in [6, 6.07) is 0. The summed E-state index contributed by atoms with van der Waals surface area (Å²) in [5.41, 5.74) is -0.500. The van der Waals surface area contributed by atoms with E-state index in [4.69, 9.17) is 5.11 Å². The Hall–Kier alpha value is 1.54. The first-order valence-electron chi connectivity index (χ1n) is 1.72. The summed E-state index contributed by atoms with van der Waals surface area (Å²) in [6.45, 7) is 5.23. The summed E-state index contributed by atoms with van der Waals surface area (Å²) >= 11 is 0. The Morgan fingerprint density at radius 1 is 0.889 bits per heavy atom. The van der Waals surface area contributed by atoms with E-state index in [9.17, 15) is 0 Å². The predicted octanol–water partition coefficient (Wildman–Crippen LogP) is -8.21. The normalized spacial score (nSPS) is 6.67. The first-order chi connectivity index (χ1) is 2.00. The SMILES string of the molecule is CC(C)(C)O.[Cl-].[Cl-].[Cl-].[Ti+3]. The number of hydrogen-bond donors (Lipinski definition) is 1. The van der Waals surface area contributed by atoms with Crippen LogP contribution in [0.15, 0.2) is 0 Å². The van der Waals surface area contributed by atoms with E-state index in [-0.39, 0.29) is 58.9 Å². The van der Waals surface area contributed by atoms with Crippen molar-refractivity contribution in [2.24, 2.45) is 0 Å². The van der Waals surface area contributed by atoms with Crippen LogP contribution >= 0.6 is 0 Å². The molecule has 0 spiro atoms. The summed E-state index contributed by atoms with van der Waals surface area (Å²) in [5, 5.41) is 8.52. The van der Waals surface area contributed by atoms with Crippen LogP contribution in [0.2, 0.25) is 0 Å². The Morgan fingerprint density at radius 2 is 0.889 bits per heavy atom. The van der Waals surface area contributed by atoms with Gasteiger partial charge in [-0.05, 0) is 20.8 Å². The Labute approximate surface area is 90.1 Å². The Bertz CT molecular complexity index is 31.3. The first-order valence-corrected chi connectivity index (χ1v) is 1.72. The molecule has 0 aliphatic carbocycles. The van der Waals surface area contributed by atoms with Crippen LogP contribution in [-0.4, -0.2) is 10.7 Å². The molecule has 1 radical (unpaired) electrons. The van der Waals surface area contributed by atoms with E-state index in [1.807, 2.05) is 0 Å². The summed E-state index contributed by atoms with van der Waals surface area (Å²) in [6.07, 6.45) is 0. The van der Waals surface area contributed by atoms with Gasteiger partial charge < -0.3 is 42.3 Å². The molecule has 9 heavy (non-hydrogen) atoms. The van der Waals surface area contributed by atoms with E-state index in [0.717, 1.165) is 0 Å². The minimum atomic E-state index is -0.500. The second kappa shape index (κ2) is 12.2. The van der Waals surface area contributed by atoms with Crippen molar-refractivity contribution in [3.05, 3.63) is 0 Å². The van der Waals surface area contributed by atoms with Crippen LogP contribution in [0.1, 0.15) is 20.8 Å². The molecular weight excluding hydrogens is 218 g/mol. The molecule has 0 aromatic rings. The average Bonchev–Trinajstić information content (AvgIpc) is 0.722. The molecule has 0 aliphatic rings. The molecule has 0 amide bonds. The van der Waals surface area contributed by atoms with Crippen LogP contribution < -0.4 is 37.2 Å². The topological polar surface area (TPSA) is 20.2 Å². The largest absolute Gasteiger partial charge is 3.00 e. The smallest absolute Gasteiger partial charge is 1.00 e. The maximum Gasteiger partial charge on any atom is 3.00 e. The zero-order valence-electron chi connectivity index (χ0n) is 5.58. The van der Waals surface area contributed by atoms with Gasteiger partial charge in [0, 0.05) is 0 Å². The molecule has 0 fully saturated rings. The molecule has 0 aromatic carbocycles. The van der Waals surface area contributed by atoms with Crippen molar-refractivity contribution in [1.29, 1.82) is 0 Å². The third-order valence-corrected chi connectivity index (χ3v) is 0. The van der Waals surface area contributed by atoms with Crippen molar-refractivity contribution in [3.8, 4) is 0 Å².